The molecule has 0 aliphatic carbocycles. The van der Waals surface area contributed by atoms with E-state index in [1.54, 1.807) is 6.92 Å². The zero-order valence-electron chi connectivity index (χ0n) is 13.0. The molecule has 0 amide bonds. The highest BCUT2D eigenvalue weighted by molar-refractivity contribution is 5.89. The minimum atomic E-state index is -2.85. The third kappa shape index (κ3) is 1.99. The van der Waals surface area contributed by atoms with Gasteiger partial charge in [0.25, 0.3) is 0 Å². The van der Waals surface area contributed by atoms with E-state index < -0.39 is 20.0 Å². The van der Waals surface area contributed by atoms with Crippen molar-refractivity contribution in [3.8, 4) is 5.75 Å². The Labute approximate surface area is 85.7 Å². The van der Waals surface area contributed by atoms with E-state index in [9.17, 15) is 4.79 Å². The molecule has 0 aliphatic heterocycles. The van der Waals surface area contributed by atoms with Gasteiger partial charge >= 0.3 is 5.97 Å². The van der Waals surface area contributed by atoms with E-state index in [4.69, 9.17) is 13.0 Å². The average molecular weight is 186 g/mol. The molecule has 70 valence electrons. The Balaban J connectivity index is 2.99. The molecule has 0 N–H and O–H groups in total. The minimum Gasteiger partial charge on any atom is -0.496 e. The van der Waals surface area contributed by atoms with Crippen molar-refractivity contribution in [2.75, 3.05) is 14.1 Å². The first-order valence-electron chi connectivity index (χ1n) is 6.51. The van der Waals surface area contributed by atoms with Crippen molar-refractivity contribution in [3.05, 3.63) is 29.3 Å². The van der Waals surface area contributed by atoms with Crippen LogP contribution in [0.25, 0.3) is 0 Å². The van der Waals surface area contributed by atoms with Crippen LogP contribution >= 0.6 is 0 Å². The smallest absolute Gasteiger partial charge is 0.337 e. The fraction of sp³-hybridized carbons (Fsp3) is 0.300. The summed E-state index contributed by atoms with van der Waals surface area (Å²) in [6, 6.07) is 3.91. The lowest BCUT2D eigenvalue weighted by molar-refractivity contribution is 0.0600. The van der Waals surface area contributed by atoms with Gasteiger partial charge in [0, 0.05) is 0 Å². The van der Waals surface area contributed by atoms with E-state index in [1.807, 2.05) is 0 Å². The van der Waals surface area contributed by atoms with E-state index in [0.29, 0.717) is 5.56 Å². The van der Waals surface area contributed by atoms with Crippen LogP contribution in [-0.4, -0.2) is 20.0 Å². The molecule has 0 aromatic heterocycles. The molecule has 3 nitrogen and oxygen atoms in total. The van der Waals surface area contributed by atoms with Crippen molar-refractivity contribution < 1.29 is 22.5 Å². The molecule has 0 heterocycles. The van der Waals surface area contributed by atoms with Crippen molar-refractivity contribution in [2.24, 2.45) is 0 Å². The van der Waals surface area contributed by atoms with E-state index in [-0.39, 0.29) is 11.3 Å². The number of hydrogen-bond donors (Lipinski definition) is 0. The highest BCUT2D eigenvalue weighted by atomic mass is 16.5. The fourth-order valence-corrected chi connectivity index (χ4v) is 0.896. The molecule has 0 fully saturated rings. The Bertz CT molecular complexity index is 477. The molecule has 0 saturated heterocycles. The molecule has 3 heteroatoms. The maximum atomic E-state index is 11.5. The van der Waals surface area contributed by atoms with Crippen LogP contribution in [0.1, 0.15) is 24.1 Å². The first-order chi connectivity index (χ1) is 8.48. The Morgan fingerprint density at radius 2 is 2.31 bits per heavy atom. The Morgan fingerprint density at radius 3 is 3.00 bits per heavy atom. The van der Waals surface area contributed by atoms with Gasteiger partial charge in [0.1, 0.15) is 5.75 Å². The molecule has 13 heavy (non-hydrogen) atoms. The fourth-order valence-electron chi connectivity index (χ4n) is 0.896. The second-order valence-electron chi connectivity index (χ2n) is 2.47. The molecule has 0 saturated carbocycles. The van der Waals surface area contributed by atoms with E-state index >= 15 is 0 Å². The lowest BCUT2D eigenvalue weighted by Gasteiger charge is -2.05. The Kier molecular flexibility index (Phi) is 1.25. The summed E-state index contributed by atoms with van der Waals surface area (Å²) in [7, 11) is -5.51. The zero-order chi connectivity index (χ0) is 14.8. The normalized spacial score (nSPS) is 18.2. The third-order valence-electron chi connectivity index (χ3n) is 1.63. The van der Waals surface area contributed by atoms with Crippen molar-refractivity contribution in [1.82, 2.24) is 0 Å². The van der Waals surface area contributed by atoms with Gasteiger partial charge in [0.15, 0.2) is 0 Å². The second kappa shape index (κ2) is 3.94. The van der Waals surface area contributed by atoms with Crippen LogP contribution in [0.3, 0.4) is 0 Å². The van der Waals surface area contributed by atoms with E-state index in [2.05, 4.69) is 4.74 Å². The van der Waals surface area contributed by atoms with Crippen molar-refractivity contribution in [2.45, 2.75) is 6.92 Å². The summed E-state index contributed by atoms with van der Waals surface area (Å²) in [5.41, 5.74) is 0.405. The van der Waals surface area contributed by atoms with Gasteiger partial charge < -0.3 is 9.47 Å². The molecule has 0 radical (unpaired) electrons. The standard InChI is InChI=1S/C10H12O3/c1-7-4-5-8(10(11)13-3)6-9(7)12-2/h4-6H,1-3H3/i2D3,3D3. The van der Waals surface area contributed by atoms with Crippen LogP contribution in [0, 0.1) is 6.92 Å². The van der Waals surface area contributed by atoms with Crippen LogP contribution < -0.4 is 4.74 Å². The third-order valence-corrected chi connectivity index (χ3v) is 1.63. The van der Waals surface area contributed by atoms with Crippen LogP contribution in [-0.2, 0) is 4.74 Å². The summed E-state index contributed by atoms with van der Waals surface area (Å²) < 4.78 is 50.4. The lowest BCUT2D eigenvalue weighted by Crippen LogP contribution is -2.01. The number of ether oxygens (including phenoxy) is 2. The zero-order valence-corrected chi connectivity index (χ0v) is 6.96. The van der Waals surface area contributed by atoms with Crippen LogP contribution in [0.4, 0.5) is 0 Å². The number of esters is 1. The molecular weight excluding hydrogens is 168 g/mol. The summed E-state index contributed by atoms with van der Waals surface area (Å²) in [5.74, 6) is -1.10. The van der Waals surface area contributed by atoms with E-state index in [0.717, 1.165) is 6.07 Å². The molecule has 1 aromatic rings. The molecule has 0 spiro atoms. The average Bonchev–Trinajstić information content (AvgIpc) is 2.16. The van der Waals surface area contributed by atoms with Gasteiger partial charge in [-0.1, -0.05) is 6.07 Å². The number of rotatable bonds is 2. The predicted molar refractivity (Wildman–Crippen MR) is 49.1 cm³/mol. The summed E-state index contributed by atoms with van der Waals surface area (Å²) in [4.78, 5) is 11.5. The van der Waals surface area contributed by atoms with Gasteiger partial charge in [-0.05, 0) is 24.6 Å². The number of carbonyl (C=O) groups excluding carboxylic acids is 1. The van der Waals surface area contributed by atoms with Gasteiger partial charge in [0.2, 0.25) is 0 Å². The SMILES string of the molecule is [2H]C([2H])([2H])OC(=O)c1ccc(C)c(OC([2H])([2H])[2H])c1. The molecular formula is C10H12O3. The summed E-state index contributed by atoms with van der Waals surface area (Å²) in [6.45, 7) is 1.60. The van der Waals surface area contributed by atoms with Gasteiger partial charge in [-0.3, -0.25) is 0 Å². The van der Waals surface area contributed by atoms with Gasteiger partial charge in [0.05, 0.1) is 27.9 Å². The lowest BCUT2D eigenvalue weighted by atomic mass is 10.1. The second-order valence-corrected chi connectivity index (χ2v) is 2.47. The molecule has 0 atom stereocenters. The van der Waals surface area contributed by atoms with Crippen LogP contribution in [0.5, 0.6) is 5.75 Å². The Morgan fingerprint density at radius 1 is 1.46 bits per heavy atom. The quantitative estimate of drug-likeness (QED) is 0.660. The van der Waals surface area contributed by atoms with Crippen molar-refractivity contribution in [1.29, 1.82) is 0 Å². The molecule has 0 unspecified atom stereocenters. The number of methoxy groups -OCH3 is 2. The monoisotopic (exact) mass is 186 g/mol. The maximum absolute atomic E-state index is 11.5. The molecule has 0 aliphatic rings. The Hall–Kier alpha value is -1.51. The molecule has 1 aromatic carbocycles. The van der Waals surface area contributed by atoms with Crippen LogP contribution in [0.2, 0.25) is 0 Å². The van der Waals surface area contributed by atoms with Crippen LogP contribution in [0.15, 0.2) is 18.2 Å². The predicted octanol–water partition coefficient (Wildman–Crippen LogP) is 1.79. The minimum absolute atomic E-state index is 0.0278. The maximum Gasteiger partial charge on any atom is 0.337 e. The first-order valence-corrected chi connectivity index (χ1v) is 3.51. The van der Waals surface area contributed by atoms with Crippen molar-refractivity contribution >= 4 is 5.97 Å². The summed E-state index contributed by atoms with van der Waals surface area (Å²) in [5, 5.41) is 0. The number of aryl methyl sites for hydroxylation is 1. The van der Waals surface area contributed by atoms with Gasteiger partial charge in [-0.2, -0.15) is 0 Å². The first kappa shape index (κ1) is 4.13. The van der Waals surface area contributed by atoms with E-state index in [1.165, 1.54) is 12.1 Å². The van der Waals surface area contributed by atoms with Crippen molar-refractivity contribution in [3.63, 3.8) is 0 Å². The van der Waals surface area contributed by atoms with Gasteiger partial charge in [-0.25, -0.2) is 4.79 Å². The largest absolute Gasteiger partial charge is 0.496 e. The molecule has 1 rings (SSSR count). The summed E-state index contributed by atoms with van der Waals surface area (Å²) >= 11 is 0. The highest BCUT2D eigenvalue weighted by Crippen LogP contribution is 2.19. The topological polar surface area (TPSA) is 35.5 Å². The van der Waals surface area contributed by atoms with Gasteiger partial charge in [-0.15, -0.1) is 0 Å². The number of benzene rings is 1. The summed E-state index contributed by atoms with van der Waals surface area (Å²) in [6.07, 6.45) is 0. The number of hydrogen-bond acceptors (Lipinski definition) is 3. The number of carbonyl (C=O) groups is 1. The molecule has 0 bridgehead atoms. The highest BCUT2D eigenvalue weighted by Gasteiger charge is 2.07.